The maximum atomic E-state index is 10.6. The van der Waals surface area contributed by atoms with Crippen molar-refractivity contribution in [1.29, 1.82) is 0 Å². The minimum atomic E-state index is -0.514. The monoisotopic (exact) mass is 267 g/mol. The van der Waals surface area contributed by atoms with Gasteiger partial charge in [-0.2, -0.15) is 10.3 Å². The average molecular weight is 268 g/mol. The van der Waals surface area contributed by atoms with Gasteiger partial charge in [0.05, 0.1) is 11.1 Å². The standard InChI is InChI=1S/C8H6ClN7O2/c9-7-2-1-6(16(17)18)3-5(7)4-10-11-8-12-14-15-13-8/h1-4H,(H2,11,12,13,14,15). The predicted octanol–water partition coefficient (Wildman–Crippen LogP) is 1.21. The van der Waals surface area contributed by atoms with Crippen molar-refractivity contribution >= 4 is 29.5 Å². The first-order valence-corrected chi connectivity index (χ1v) is 5.01. The predicted molar refractivity (Wildman–Crippen MR) is 63.5 cm³/mol. The largest absolute Gasteiger partial charge is 0.283 e. The third kappa shape index (κ3) is 2.77. The van der Waals surface area contributed by atoms with E-state index in [1.165, 1.54) is 24.4 Å². The Morgan fingerprint density at radius 2 is 2.39 bits per heavy atom. The van der Waals surface area contributed by atoms with Gasteiger partial charge in [0, 0.05) is 22.7 Å². The highest BCUT2D eigenvalue weighted by Gasteiger charge is 2.08. The number of rotatable bonds is 4. The van der Waals surface area contributed by atoms with Crippen LogP contribution < -0.4 is 5.43 Å². The normalized spacial score (nSPS) is 10.7. The van der Waals surface area contributed by atoms with Crippen LogP contribution in [0.4, 0.5) is 11.6 Å². The summed E-state index contributed by atoms with van der Waals surface area (Å²) in [5.74, 6) is 0.174. The SMILES string of the molecule is O=[N+]([O-])c1ccc(Cl)c(C=NNc2nn[nH]n2)c1. The number of nitro groups is 1. The zero-order valence-electron chi connectivity index (χ0n) is 8.74. The summed E-state index contributed by atoms with van der Waals surface area (Å²) >= 11 is 5.87. The molecule has 18 heavy (non-hydrogen) atoms. The Hall–Kier alpha value is -2.55. The van der Waals surface area contributed by atoms with Crippen molar-refractivity contribution in [3.8, 4) is 0 Å². The van der Waals surface area contributed by atoms with Crippen molar-refractivity contribution in [3.63, 3.8) is 0 Å². The Kier molecular flexibility index (Phi) is 3.44. The molecule has 9 nitrogen and oxygen atoms in total. The third-order valence-corrected chi connectivity index (χ3v) is 2.25. The zero-order chi connectivity index (χ0) is 13.0. The fourth-order valence-corrected chi connectivity index (χ4v) is 1.28. The van der Waals surface area contributed by atoms with E-state index < -0.39 is 4.92 Å². The van der Waals surface area contributed by atoms with Crippen molar-refractivity contribution in [1.82, 2.24) is 20.6 Å². The second-order valence-electron chi connectivity index (χ2n) is 3.07. The van der Waals surface area contributed by atoms with Gasteiger partial charge in [-0.15, -0.1) is 5.10 Å². The summed E-state index contributed by atoms with van der Waals surface area (Å²) in [6.45, 7) is 0. The number of anilines is 1. The highest BCUT2D eigenvalue weighted by molar-refractivity contribution is 6.33. The molecule has 0 aliphatic rings. The van der Waals surface area contributed by atoms with Crippen molar-refractivity contribution in [2.75, 3.05) is 5.43 Å². The Bertz CT molecular complexity index is 583. The lowest BCUT2D eigenvalue weighted by molar-refractivity contribution is -0.384. The molecule has 0 atom stereocenters. The summed E-state index contributed by atoms with van der Waals surface area (Å²) in [5.41, 5.74) is 2.81. The van der Waals surface area contributed by atoms with Crippen molar-refractivity contribution in [2.45, 2.75) is 0 Å². The lowest BCUT2D eigenvalue weighted by atomic mass is 10.2. The molecule has 0 bridgehead atoms. The quantitative estimate of drug-likeness (QED) is 0.488. The Labute approximate surface area is 105 Å². The molecule has 92 valence electrons. The van der Waals surface area contributed by atoms with Crippen LogP contribution in [0, 0.1) is 10.1 Å². The molecule has 2 N–H and O–H groups in total. The number of nitro benzene ring substituents is 1. The molecule has 1 aromatic heterocycles. The van der Waals surface area contributed by atoms with Gasteiger partial charge in [0.1, 0.15) is 0 Å². The van der Waals surface area contributed by atoms with Gasteiger partial charge in [-0.1, -0.05) is 16.7 Å². The minimum absolute atomic E-state index is 0.0691. The van der Waals surface area contributed by atoms with Gasteiger partial charge >= 0.3 is 0 Å². The Balaban J connectivity index is 2.15. The molecule has 2 aromatic rings. The van der Waals surface area contributed by atoms with Crippen LogP contribution >= 0.6 is 11.6 Å². The lowest BCUT2D eigenvalue weighted by Crippen LogP contribution is -1.95. The molecule has 0 aliphatic heterocycles. The van der Waals surface area contributed by atoms with Crippen LogP contribution in [0.1, 0.15) is 5.56 Å². The van der Waals surface area contributed by atoms with E-state index in [0.717, 1.165) is 0 Å². The van der Waals surface area contributed by atoms with Crippen molar-refractivity contribution in [2.24, 2.45) is 5.10 Å². The van der Waals surface area contributed by atoms with E-state index in [-0.39, 0.29) is 11.6 Å². The van der Waals surface area contributed by atoms with Gasteiger partial charge in [0.15, 0.2) is 0 Å². The number of nitrogens with one attached hydrogen (secondary N) is 2. The van der Waals surface area contributed by atoms with E-state index in [9.17, 15) is 10.1 Å². The number of non-ortho nitro benzene ring substituents is 1. The summed E-state index contributed by atoms with van der Waals surface area (Å²) in [6, 6.07) is 4.05. The summed E-state index contributed by atoms with van der Waals surface area (Å²) < 4.78 is 0. The third-order valence-electron chi connectivity index (χ3n) is 1.90. The molecule has 0 saturated carbocycles. The first-order chi connectivity index (χ1) is 8.66. The van der Waals surface area contributed by atoms with Crippen LogP contribution in [0.15, 0.2) is 23.3 Å². The smallest absolute Gasteiger partial charge is 0.258 e. The molecule has 0 saturated heterocycles. The van der Waals surface area contributed by atoms with Gasteiger partial charge in [-0.25, -0.2) is 5.43 Å². The number of hydrazone groups is 1. The highest BCUT2D eigenvalue weighted by atomic mass is 35.5. The summed E-state index contributed by atoms with van der Waals surface area (Å²) in [7, 11) is 0. The summed E-state index contributed by atoms with van der Waals surface area (Å²) in [5, 5.41) is 27.5. The molecule has 0 fully saturated rings. The van der Waals surface area contributed by atoms with Crippen molar-refractivity contribution in [3.05, 3.63) is 38.9 Å². The van der Waals surface area contributed by atoms with Crippen LogP contribution in [-0.4, -0.2) is 31.8 Å². The van der Waals surface area contributed by atoms with E-state index in [2.05, 4.69) is 31.2 Å². The van der Waals surface area contributed by atoms with Crippen LogP contribution in [0.3, 0.4) is 0 Å². The molecule has 0 radical (unpaired) electrons. The molecule has 0 amide bonds. The zero-order valence-corrected chi connectivity index (χ0v) is 9.50. The summed E-state index contributed by atoms with van der Waals surface area (Å²) in [4.78, 5) is 10.1. The van der Waals surface area contributed by atoms with Gasteiger partial charge in [0.25, 0.3) is 11.6 Å². The van der Waals surface area contributed by atoms with Gasteiger partial charge < -0.3 is 0 Å². The number of benzene rings is 1. The molecule has 2 rings (SSSR count). The number of hydrogen-bond acceptors (Lipinski definition) is 7. The molecule has 0 aliphatic carbocycles. The van der Waals surface area contributed by atoms with E-state index in [1.54, 1.807) is 0 Å². The fraction of sp³-hybridized carbons (Fsp3) is 0. The van der Waals surface area contributed by atoms with E-state index >= 15 is 0 Å². The molecular weight excluding hydrogens is 262 g/mol. The number of aromatic amines is 1. The molecule has 1 aromatic carbocycles. The van der Waals surface area contributed by atoms with Gasteiger partial charge in [0.2, 0.25) is 0 Å². The first kappa shape index (κ1) is 11.9. The van der Waals surface area contributed by atoms with E-state index in [4.69, 9.17) is 11.6 Å². The Morgan fingerprint density at radius 3 is 3.06 bits per heavy atom. The van der Waals surface area contributed by atoms with Crippen LogP contribution in [-0.2, 0) is 0 Å². The molecular formula is C8H6ClN7O2. The van der Waals surface area contributed by atoms with Gasteiger partial charge in [-0.3, -0.25) is 10.1 Å². The van der Waals surface area contributed by atoms with E-state index in [0.29, 0.717) is 10.6 Å². The molecule has 0 unspecified atom stereocenters. The molecule has 1 heterocycles. The van der Waals surface area contributed by atoms with Crippen LogP contribution in [0.5, 0.6) is 0 Å². The van der Waals surface area contributed by atoms with Crippen LogP contribution in [0.25, 0.3) is 0 Å². The number of tetrazole rings is 1. The van der Waals surface area contributed by atoms with Crippen molar-refractivity contribution < 1.29 is 4.92 Å². The van der Waals surface area contributed by atoms with Crippen LogP contribution in [0.2, 0.25) is 5.02 Å². The minimum Gasteiger partial charge on any atom is -0.258 e. The highest BCUT2D eigenvalue weighted by Crippen LogP contribution is 2.20. The lowest BCUT2D eigenvalue weighted by Gasteiger charge is -1.97. The fourth-order valence-electron chi connectivity index (χ4n) is 1.11. The average Bonchev–Trinajstić information content (AvgIpc) is 2.84. The van der Waals surface area contributed by atoms with E-state index in [1.807, 2.05) is 0 Å². The number of H-pyrrole nitrogens is 1. The second kappa shape index (κ2) is 5.19. The number of hydrogen-bond donors (Lipinski definition) is 2. The molecule has 10 heteroatoms. The summed E-state index contributed by atoms with van der Waals surface area (Å²) in [6.07, 6.45) is 1.33. The topological polar surface area (TPSA) is 122 Å². The number of nitrogens with zero attached hydrogens (tertiary/aromatic N) is 5. The number of aromatic nitrogens is 4. The second-order valence-corrected chi connectivity index (χ2v) is 3.48. The maximum absolute atomic E-state index is 10.6. The van der Waals surface area contributed by atoms with Gasteiger partial charge in [-0.05, 0) is 11.3 Å². The first-order valence-electron chi connectivity index (χ1n) is 4.63. The number of halogens is 1. The molecule has 0 spiro atoms. The Morgan fingerprint density at radius 1 is 1.56 bits per heavy atom. The maximum Gasteiger partial charge on any atom is 0.283 e.